The normalized spacial score (nSPS) is 11.3. The molecule has 0 saturated heterocycles. The summed E-state index contributed by atoms with van der Waals surface area (Å²) in [7, 11) is 0. The minimum atomic E-state index is -0.873. The number of nitrogens with one attached hydrogen (secondary N) is 1. The fraction of sp³-hybridized carbons (Fsp3) is 0.353. The van der Waals surface area contributed by atoms with E-state index in [4.69, 9.17) is 5.11 Å². The number of nitrogens with zero attached hydrogens (tertiary/aromatic N) is 1. The standard InChI is InChI=1S/C17H20N2O3S/c1-11-6-4-5-7-12(11)15-19-13(10-23-15)14(20)18-9-8-17(2,3)16(21)22/h4-7,10H,8-9H2,1-3H3,(H,18,20)(H,21,22). The quantitative estimate of drug-likeness (QED) is 0.850. The summed E-state index contributed by atoms with van der Waals surface area (Å²) in [5, 5.41) is 14.3. The van der Waals surface area contributed by atoms with E-state index in [-0.39, 0.29) is 5.91 Å². The van der Waals surface area contributed by atoms with Crippen LogP contribution in [0.4, 0.5) is 0 Å². The van der Waals surface area contributed by atoms with Gasteiger partial charge in [-0.05, 0) is 32.8 Å². The summed E-state index contributed by atoms with van der Waals surface area (Å²) in [5.74, 6) is -1.15. The second-order valence-corrected chi connectivity index (χ2v) is 6.91. The average Bonchev–Trinajstić information content (AvgIpc) is 2.97. The highest BCUT2D eigenvalue weighted by Gasteiger charge is 2.26. The summed E-state index contributed by atoms with van der Waals surface area (Å²) in [5.41, 5.74) is 1.63. The number of carbonyl (C=O) groups excluding carboxylic acids is 1. The van der Waals surface area contributed by atoms with E-state index in [9.17, 15) is 9.59 Å². The number of hydrogen-bond donors (Lipinski definition) is 2. The Hall–Kier alpha value is -2.21. The van der Waals surface area contributed by atoms with Gasteiger partial charge < -0.3 is 10.4 Å². The van der Waals surface area contributed by atoms with Gasteiger partial charge in [0.25, 0.3) is 5.91 Å². The highest BCUT2D eigenvalue weighted by molar-refractivity contribution is 7.13. The second-order valence-electron chi connectivity index (χ2n) is 6.05. The molecule has 0 aliphatic carbocycles. The van der Waals surface area contributed by atoms with Crippen molar-refractivity contribution in [2.24, 2.45) is 5.41 Å². The molecule has 2 N–H and O–H groups in total. The summed E-state index contributed by atoms with van der Waals surface area (Å²) < 4.78 is 0. The summed E-state index contributed by atoms with van der Waals surface area (Å²) in [6.45, 7) is 5.58. The molecule has 5 nitrogen and oxygen atoms in total. The first-order valence-electron chi connectivity index (χ1n) is 7.34. The van der Waals surface area contributed by atoms with Crippen molar-refractivity contribution in [2.75, 3.05) is 6.54 Å². The zero-order chi connectivity index (χ0) is 17.0. The van der Waals surface area contributed by atoms with E-state index in [1.165, 1.54) is 11.3 Å². The van der Waals surface area contributed by atoms with Crippen molar-refractivity contribution < 1.29 is 14.7 Å². The second kappa shape index (κ2) is 6.91. The maximum Gasteiger partial charge on any atom is 0.309 e. The predicted molar refractivity (Wildman–Crippen MR) is 90.7 cm³/mol. The Morgan fingerprint density at radius 3 is 2.65 bits per heavy atom. The highest BCUT2D eigenvalue weighted by Crippen LogP contribution is 2.26. The van der Waals surface area contributed by atoms with Crippen LogP contribution in [0.3, 0.4) is 0 Å². The molecule has 1 aromatic carbocycles. The first kappa shape index (κ1) is 17.1. The molecule has 0 atom stereocenters. The van der Waals surface area contributed by atoms with Gasteiger partial charge in [0, 0.05) is 17.5 Å². The predicted octanol–water partition coefficient (Wildman–Crippen LogP) is 3.35. The van der Waals surface area contributed by atoms with Gasteiger partial charge in [-0.15, -0.1) is 11.3 Å². The average molecular weight is 332 g/mol. The van der Waals surface area contributed by atoms with Crippen LogP contribution < -0.4 is 5.32 Å². The van der Waals surface area contributed by atoms with Gasteiger partial charge >= 0.3 is 5.97 Å². The third-order valence-corrected chi connectivity index (χ3v) is 4.60. The third-order valence-electron chi connectivity index (χ3n) is 3.73. The fourth-order valence-electron chi connectivity index (χ4n) is 2.00. The Bertz CT molecular complexity index is 722. The highest BCUT2D eigenvalue weighted by atomic mass is 32.1. The van der Waals surface area contributed by atoms with E-state index in [0.717, 1.165) is 16.1 Å². The molecule has 0 radical (unpaired) electrons. The molecule has 1 aromatic heterocycles. The first-order chi connectivity index (χ1) is 10.8. The van der Waals surface area contributed by atoms with Gasteiger partial charge in [-0.2, -0.15) is 0 Å². The zero-order valence-corrected chi connectivity index (χ0v) is 14.2. The lowest BCUT2D eigenvalue weighted by molar-refractivity contribution is -0.147. The topological polar surface area (TPSA) is 79.3 Å². The summed E-state index contributed by atoms with van der Waals surface area (Å²) in [6.07, 6.45) is 0.364. The van der Waals surface area contributed by atoms with Crippen LogP contribution in [0.2, 0.25) is 0 Å². The molecule has 122 valence electrons. The van der Waals surface area contributed by atoms with Gasteiger partial charge in [-0.3, -0.25) is 9.59 Å². The number of aliphatic carboxylic acids is 1. The van der Waals surface area contributed by atoms with E-state index < -0.39 is 11.4 Å². The number of aromatic nitrogens is 1. The van der Waals surface area contributed by atoms with Crippen molar-refractivity contribution in [2.45, 2.75) is 27.2 Å². The van der Waals surface area contributed by atoms with E-state index in [0.29, 0.717) is 18.7 Å². The number of benzene rings is 1. The van der Waals surface area contributed by atoms with Crippen molar-refractivity contribution in [3.05, 3.63) is 40.9 Å². The van der Waals surface area contributed by atoms with Crippen LogP contribution in [0.15, 0.2) is 29.6 Å². The molecule has 0 fully saturated rings. The van der Waals surface area contributed by atoms with Crippen LogP contribution in [0, 0.1) is 12.3 Å². The van der Waals surface area contributed by atoms with Crippen molar-refractivity contribution in [1.82, 2.24) is 10.3 Å². The summed E-state index contributed by atoms with van der Waals surface area (Å²) in [6, 6.07) is 7.89. The van der Waals surface area contributed by atoms with Crippen LogP contribution in [0.5, 0.6) is 0 Å². The van der Waals surface area contributed by atoms with Crippen molar-refractivity contribution in [1.29, 1.82) is 0 Å². The van der Waals surface area contributed by atoms with Gasteiger partial charge in [0.15, 0.2) is 0 Å². The van der Waals surface area contributed by atoms with Gasteiger partial charge in [-0.25, -0.2) is 4.98 Å². The van der Waals surface area contributed by atoms with Gasteiger partial charge in [0.05, 0.1) is 5.41 Å². The number of carboxylic acids is 1. The lowest BCUT2D eigenvalue weighted by atomic mass is 9.90. The number of thiazole rings is 1. The molecule has 23 heavy (non-hydrogen) atoms. The third kappa shape index (κ3) is 4.16. The maximum atomic E-state index is 12.1. The molecule has 0 saturated carbocycles. The van der Waals surface area contributed by atoms with Crippen molar-refractivity contribution in [3.63, 3.8) is 0 Å². The van der Waals surface area contributed by atoms with E-state index in [2.05, 4.69) is 10.3 Å². The Morgan fingerprint density at radius 1 is 1.30 bits per heavy atom. The Kier molecular flexibility index (Phi) is 5.15. The van der Waals surface area contributed by atoms with Crippen LogP contribution in [0.25, 0.3) is 10.6 Å². The van der Waals surface area contributed by atoms with E-state index in [1.54, 1.807) is 19.2 Å². The SMILES string of the molecule is Cc1ccccc1-c1nc(C(=O)NCCC(C)(C)C(=O)O)cs1. The molecule has 2 aromatic rings. The largest absolute Gasteiger partial charge is 0.481 e. The maximum absolute atomic E-state index is 12.1. The molecular weight excluding hydrogens is 312 g/mol. The lowest BCUT2D eigenvalue weighted by Gasteiger charge is -2.18. The monoisotopic (exact) mass is 332 g/mol. The van der Waals surface area contributed by atoms with Crippen molar-refractivity contribution >= 4 is 23.2 Å². The molecule has 2 rings (SSSR count). The first-order valence-corrected chi connectivity index (χ1v) is 8.22. The Balaban J connectivity index is 2.00. The molecule has 0 bridgehead atoms. The van der Waals surface area contributed by atoms with Crippen LogP contribution in [-0.2, 0) is 4.79 Å². The number of rotatable bonds is 6. The van der Waals surface area contributed by atoms with Crippen LogP contribution >= 0.6 is 11.3 Å². The Morgan fingerprint density at radius 2 is 2.00 bits per heavy atom. The summed E-state index contributed by atoms with van der Waals surface area (Å²) in [4.78, 5) is 27.5. The number of aryl methyl sites for hydroxylation is 1. The molecule has 6 heteroatoms. The molecule has 0 aliphatic heterocycles. The molecule has 0 aliphatic rings. The lowest BCUT2D eigenvalue weighted by Crippen LogP contribution is -2.32. The molecule has 0 spiro atoms. The molecular formula is C17H20N2O3S. The van der Waals surface area contributed by atoms with Crippen LogP contribution in [-0.4, -0.2) is 28.5 Å². The molecule has 0 unspecified atom stereocenters. The fourth-order valence-corrected chi connectivity index (χ4v) is 2.89. The van der Waals surface area contributed by atoms with Gasteiger partial charge in [-0.1, -0.05) is 24.3 Å². The minimum Gasteiger partial charge on any atom is -0.481 e. The zero-order valence-electron chi connectivity index (χ0n) is 13.4. The van der Waals surface area contributed by atoms with Crippen molar-refractivity contribution in [3.8, 4) is 10.6 Å². The number of carbonyl (C=O) groups is 2. The van der Waals surface area contributed by atoms with E-state index in [1.807, 2.05) is 31.2 Å². The smallest absolute Gasteiger partial charge is 0.309 e. The summed E-state index contributed by atoms with van der Waals surface area (Å²) >= 11 is 1.42. The molecule has 1 amide bonds. The molecule has 1 heterocycles. The number of amides is 1. The number of carboxylic acid groups (broad SMARTS) is 1. The van der Waals surface area contributed by atoms with Gasteiger partial charge in [0.1, 0.15) is 10.7 Å². The van der Waals surface area contributed by atoms with Crippen LogP contribution in [0.1, 0.15) is 36.3 Å². The van der Waals surface area contributed by atoms with Gasteiger partial charge in [0.2, 0.25) is 0 Å². The minimum absolute atomic E-state index is 0.276. The number of hydrogen-bond acceptors (Lipinski definition) is 4. The Labute approximate surface area is 139 Å². The van der Waals surface area contributed by atoms with E-state index >= 15 is 0 Å².